The minimum absolute atomic E-state index is 0. The molecule has 0 spiro atoms. The number of carbonyl (C=O) groups excluding carboxylic acids is 1. The highest BCUT2D eigenvalue weighted by atomic mass is 35.5. The molecule has 6 heteroatoms. The number of benzene rings is 1. The standard InChI is InChI=1S/C19H29NO4.ClH/c1-15(13-20-9-11-22-12-10-20)24-18(21)14-23-17-7-5-16(6-8-17)19(2,3)4;/h5-8,15H,9-14H2,1-4H3;1H. The van der Waals surface area contributed by atoms with Crippen molar-refractivity contribution in [3.8, 4) is 5.75 Å². The van der Waals surface area contributed by atoms with Gasteiger partial charge < -0.3 is 14.2 Å². The van der Waals surface area contributed by atoms with E-state index in [0.29, 0.717) is 5.75 Å². The van der Waals surface area contributed by atoms with Gasteiger partial charge >= 0.3 is 5.97 Å². The van der Waals surface area contributed by atoms with E-state index in [1.807, 2.05) is 31.2 Å². The van der Waals surface area contributed by atoms with Gasteiger partial charge in [-0.3, -0.25) is 4.90 Å². The number of hydrogen-bond donors (Lipinski definition) is 0. The first kappa shape index (κ1) is 21.7. The molecule has 1 aliphatic rings. The molecule has 0 bridgehead atoms. The van der Waals surface area contributed by atoms with Crippen molar-refractivity contribution >= 4 is 18.4 Å². The number of halogens is 1. The first-order valence-electron chi connectivity index (χ1n) is 8.57. The van der Waals surface area contributed by atoms with Gasteiger partial charge in [0.15, 0.2) is 6.61 Å². The maximum Gasteiger partial charge on any atom is 0.344 e. The quantitative estimate of drug-likeness (QED) is 0.719. The molecule has 5 nitrogen and oxygen atoms in total. The minimum Gasteiger partial charge on any atom is -0.482 e. The number of hydrogen-bond acceptors (Lipinski definition) is 5. The van der Waals surface area contributed by atoms with E-state index in [1.165, 1.54) is 5.56 Å². The van der Waals surface area contributed by atoms with E-state index in [9.17, 15) is 4.79 Å². The molecule has 1 atom stereocenters. The smallest absolute Gasteiger partial charge is 0.344 e. The van der Waals surface area contributed by atoms with E-state index in [2.05, 4.69) is 25.7 Å². The van der Waals surface area contributed by atoms with Crippen molar-refractivity contribution in [1.29, 1.82) is 0 Å². The highest BCUT2D eigenvalue weighted by molar-refractivity contribution is 5.85. The SMILES string of the molecule is CC(CN1CCOCC1)OC(=O)COc1ccc(C(C)(C)C)cc1.Cl. The lowest BCUT2D eigenvalue weighted by Crippen LogP contribution is -2.41. The lowest BCUT2D eigenvalue weighted by atomic mass is 9.87. The van der Waals surface area contributed by atoms with Gasteiger partial charge in [0.2, 0.25) is 0 Å². The molecule has 0 N–H and O–H groups in total. The van der Waals surface area contributed by atoms with Crippen molar-refractivity contribution in [2.45, 2.75) is 39.2 Å². The van der Waals surface area contributed by atoms with E-state index < -0.39 is 0 Å². The average molecular weight is 372 g/mol. The lowest BCUT2D eigenvalue weighted by molar-refractivity contribution is -0.151. The summed E-state index contributed by atoms with van der Waals surface area (Å²) >= 11 is 0. The Bertz CT molecular complexity index is 521. The van der Waals surface area contributed by atoms with Crippen LogP contribution < -0.4 is 4.74 Å². The molecule has 1 fully saturated rings. The van der Waals surface area contributed by atoms with Gasteiger partial charge in [-0.15, -0.1) is 12.4 Å². The van der Waals surface area contributed by atoms with Crippen LogP contribution in [0.4, 0.5) is 0 Å². The second-order valence-corrected chi connectivity index (χ2v) is 7.28. The minimum atomic E-state index is -0.337. The number of carbonyl (C=O) groups is 1. The third-order valence-corrected chi connectivity index (χ3v) is 4.03. The molecule has 1 aromatic rings. The maximum atomic E-state index is 11.9. The molecule has 25 heavy (non-hydrogen) atoms. The summed E-state index contributed by atoms with van der Waals surface area (Å²) in [4.78, 5) is 14.1. The second kappa shape index (κ2) is 10.00. The van der Waals surface area contributed by atoms with E-state index in [1.54, 1.807) is 0 Å². The van der Waals surface area contributed by atoms with Gasteiger partial charge in [0.1, 0.15) is 11.9 Å². The fourth-order valence-electron chi connectivity index (χ4n) is 2.64. The Hall–Kier alpha value is -1.30. The summed E-state index contributed by atoms with van der Waals surface area (Å²) in [5.41, 5.74) is 1.34. The topological polar surface area (TPSA) is 48.0 Å². The average Bonchev–Trinajstić information content (AvgIpc) is 2.53. The predicted octanol–water partition coefficient (Wildman–Crippen LogP) is 3.05. The van der Waals surface area contributed by atoms with Crippen molar-refractivity contribution in [3.05, 3.63) is 29.8 Å². The molecule has 0 aromatic heterocycles. The summed E-state index contributed by atoms with van der Waals surface area (Å²) < 4.78 is 16.2. The van der Waals surface area contributed by atoms with E-state index in [0.717, 1.165) is 32.8 Å². The maximum absolute atomic E-state index is 11.9. The largest absolute Gasteiger partial charge is 0.482 e. The number of nitrogens with zero attached hydrogens (tertiary/aromatic N) is 1. The zero-order chi connectivity index (χ0) is 17.6. The monoisotopic (exact) mass is 371 g/mol. The Morgan fingerprint density at radius 3 is 2.36 bits per heavy atom. The van der Waals surface area contributed by atoms with E-state index in [4.69, 9.17) is 14.2 Å². The fourth-order valence-corrected chi connectivity index (χ4v) is 2.64. The van der Waals surface area contributed by atoms with E-state index >= 15 is 0 Å². The lowest BCUT2D eigenvalue weighted by Gasteiger charge is -2.28. The Labute approximate surface area is 157 Å². The van der Waals surface area contributed by atoms with Crippen LogP contribution in [0.1, 0.15) is 33.3 Å². The van der Waals surface area contributed by atoms with Gasteiger partial charge in [-0.1, -0.05) is 32.9 Å². The van der Waals surface area contributed by atoms with Crippen molar-refractivity contribution in [2.24, 2.45) is 0 Å². The van der Waals surface area contributed by atoms with E-state index in [-0.39, 0.29) is 36.5 Å². The summed E-state index contributed by atoms with van der Waals surface area (Å²) in [5, 5.41) is 0. The fraction of sp³-hybridized carbons (Fsp3) is 0.632. The van der Waals surface area contributed by atoms with Crippen LogP contribution in [-0.4, -0.2) is 56.4 Å². The molecule has 0 saturated carbocycles. The molecule has 1 aliphatic heterocycles. The highest BCUT2D eigenvalue weighted by Gasteiger charge is 2.17. The number of esters is 1. The van der Waals surface area contributed by atoms with Gasteiger partial charge in [-0.2, -0.15) is 0 Å². The third kappa shape index (κ3) is 7.63. The highest BCUT2D eigenvalue weighted by Crippen LogP contribution is 2.24. The Morgan fingerprint density at radius 2 is 1.80 bits per heavy atom. The van der Waals surface area contributed by atoms with Crippen LogP contribution in [0.2, 0.25) is 0 Å². The van der Waals surface area contributed by atoms with Crippen molar-refractivity contribution in [2.75, 3.05) is 39.5 Å². The zero-order valence-electron chi connectivity index (χ0n) is 15.6. The summed E-state index contributed by atoms with van der Waals surface area (Å²) in [6, 6.07) is 7.85. The van der Waals surface area contributed by atoms with Crippen LogP contribution in [0.5, 0.6) is 5.75 Å². The predicted molar refractivity (Wildman–Crippen MR) is 101 cm³/mol. The molecular weight excluding hydrogens is 342 g/mol. The number of rotatable bonds is 6. The van der Waals surface area contributed by atoms with Crippen LogP contribution in [0, 0.1) is 0 Å². The van der Waals surface area contributed by atoms with Crippen LogP contribution in [0.3, 0.4) is 0 Å². The van der Waals surface area contributed by atoms with Crippen LogP contribution in [-0.2, 0) is 19.7 Å². The van der Waals surface area contributed by atoms with Crippen molar-refractivity contribution < 1.29 is 19.0 Å². The molecule has 0 aliphatic carbocycles. The zero-order valence-corrected chi connectivity index (χ0v) is 16.4. The Balaban J connectivity index is 0.00000312. The molecule has 1 aromatic carbocycles. The summed E-state index contributed by atoms with van der Waals surface area (Å²) in [5.74, 6) is 0.344. The van der Waals surface area contributed by atoms with Crippen LogP contribution in [0.15, 0.2) is 24.3 Å². The van der Waals surface area contributed by atoms with Gasteiger partial charge in [0.25, 0.3) is 0 Å². The first-order chi connectivity index (χ1) is 11.3. The number of morpholine rings is 1. The van der Waals surface area contributed by atoms with Crippen molar-refractivity contribution in [1.82, 2.24) is 4.90 Å². The van der Waals surface area contributed by atoms with Crippen molar-refractivity contribution in [3.63, 3.8) is 0 Å². The van der Waals surface area contributed by atoms with Gasteiger partial charge in [-0.05, 0) is 30.0 Å². The normalized spacial score (nSPS) is 16.6. The number of ether oxygens (including phenoxy) is 3. The molecular formula is C19H30ClNO4. The van der Waals surface area contributed by atoms with Gasteiger partial charge in [0.05, 0.1) is 13.2 Å². The second-order valence-electron chi connectivity index (χ2n) is 7.28. The van der Waals surface area contributed by atoms with Gasteiger partial charge in [0, 0.05) is 19.6 Å². The van der Waals surface area contributed by atoms with Crippen LogP contribution >= 0.6 is 12.4 Å². The molecule has 0 amide bonds. The third-order valence-electron chi connectivity index (χ3n) is 4.03. The Morgan fingerprint density at radius 1 is 1.20 bits per heavy atom. The summed E-state index contributed by atoms with van der Waals surface area (Å²) in [6.45, 7) is 12.3. The molecule has 1 unspecified atom stereocenters. The molecule has 2 rings (SSSR count). The first-order valence-corrected chi connectivity index (χ1v) is 8.57. The van der Waals surface area contributed by atoms with Gasteiger partial charge in [-0.25, -0.2) is 4.79 Å². The molecule has 142 valence electrons. The Kier molecular flexibility index (Phi) is 8.69. The summed E-state index contributed by atoms with van der Waals surface area (Å²) in [6.07, 6.45) is -0.150. The molecule has 1 saturated heterocycles. The molecule has 0 radical (unpaired) electrons. The summed E-state index contributed by atoms with van der Waals surface area (Å²) in [7, 11) is 0. The molecule has 1 heterocycles. The van der Waals surface area contributed by atoms with Crippen LogP contribution in [0.25, 0.3) is 0 Å².